The summed E-state index contributed by atoms with van der Waals surface area (Å²) >= 11 is 0. The molecule has 2 unspecified atom stereocenters. The highest BCUT2D eigenvalue weighted by molar-refractivity contribution is 7.91. The zero-order valence-electron chi connectivity index (χ0n) is 10.1. The average molecular weight is 258 g/mol. The van der Waals surface area contributed by atoms with Crippen molar-refractivity contribution in [1.82, 2.24) is 20.1 Å². The third-order valence-electron chi connectivity index (χ3n) is 3.33. The van der Waals surface area contributed by atoms with Crippen molar-refractivity contribution in [2.75, 3.05) is 6.26 Å². The number of aromatic nitrogens is 3. The van der Waals surface area contributed by atoms with E-state index in [1.54, 1.807) is 6.33 Å². The lowest BCUT2D eigenvalue weighted by Gasteiger charge is -2.19. The van der Waals surface area contributed by atoms with Crippen LogP contribution in [0.3, 0.4) is 0 Å². The molecular weight excluding hydrogens is 240 g/mol. The Morgan fingerprint density at radius 1 is 1.53 bits per heavy atom. The maximum Gasteiger partial charge on any atom is 0.151 e. The standard InChI is InChI=1S/C10H18N4O2S/c1-14-7-12-13-10(14)6-11-8-4-3-5-9(8)17(2,15)16/h7-9,11H,3-6H2,1-2H3. The van der Waals surface area contributed by atoms with Crippen LogP contribution in [0.1, 0.15) is 25.1 Å². The van der Waals surface area contributed by atoms with Crippen molar-refractivity contribution in [3.63, 3.8) is 0 Å². The van der Waals surface area contributed by atoms with Crippen molar-refractivity contribution in [3.05, 3.63) is 12.2 Å². The van der Waals surface area contributed by atoms with E-state index in [1.165, 1.54) is 6.26 Å². The number of aryl methyl sites for hydroxylation is 1. The fourth-order valence-electron chi connectivity index (χ4n) is 2.36. The Hall–Kier alpha value is -0.950. The first-order valence-corrected chi connectivity index (χ1v) is 7.69. The second kappa shape index (κ2) is 4.73. The molecule has 17 heavy (non-hydrogen) atoms. The molecule has 0 spiro atoms. The molecule has 0 radical (unpaired) electrons. The van der Waals surface area contributed by atoms with Gasteiger partial charge < -0.3 is 9.88 Å². The number of hydrogen-bond acceptors (Lipinski definition) is 5. The van der Waals surface area contributed by atoms with Crippen molar-refractivity contribution in [2.24, 2.45) is 7.05 Å². The fraction of sp³-hybridized carbons (Fsp3) is 0.800. The zero-order valence-corrected chi connectivity index (χ0v) is 10.9. The molecule has 0 aliphatic heterocycles. The van der Waals surface area contributed by atoms with Gasteiger partial charge in [0.05, 0.1) is 11.8 Å². The first-order chi connectivity index (χ1) is 7.98. The van der Waals surface area contributed by atoms with Gasteiger partial charge in [0.2, 0.25) is 0 Å². The highest BCUT2D eigenvalue weighted by Crippen LogP contribution is 2.25. The molecule has 1 heterocycles. The van der Waals surface area contributed by atoms with Gasteiger partial charge in [-0.3, -0.25) is 0 Å². The zero-order chi connectivity index (χ0) is 12.5. The predicted octanol–water partition coefficient (Wildman–Crippen LogP) is -0.130. The van der Waals surface area contributed by atoms with E-state index < -0.39 is 9.84 Å². The summed E-state index contributed by atoms with van der Waals surface area (Å²) in [4.78, 5) is 0. The monoisotopic (exact) mass is 258 g/mol. The molecular formula is C10H18N4O2S. The smallest absolute Gasteiger partial charge is 0.151 e. The molecule has 0 saturated heterocycles. The second-order valence-electron chi connectivity index (χ2n) is 4.64. The SMILES string of the molecule is Cn1cnnc1CNC1CCCC1S(C)(=O)=O. The highest BCUT2D eigenvalue weighted by atomic mass is 32.2. The van der Waals surface area contributed by atoms with Gasteiger partial charge in [-0.15, -0.1) is 10.2 Å². The minimum absolute atomic E-state index is 0.0432. The van der Waals surface area contributed by atoms with Crippen molar-refractivity contribution >= 4 is 9.84 Å². The van der Waals surface area contributed by atoms with Gasteiger partial charge in [0.1, 0.15) is 12.2 Å². The average Bonchev–Trinajstić information content (AvgIpc) is 2.82. The lowest BCUT2D eigenvalue weighted by atomic mass is 10.2. The van der Waals surface area contributed by atoms with Crippen LogP contribution in [0.25, 0.3) is 0 Å². The lowest BCUT2D eigenvalue weighted by molar-refractivity contribution is 0.494. The van der Waals surface area contributed by atoms with Gasteiger partial charge >= 0.3 is 0 Å². The summed E-state index contributed by atoms with van der Waals surface area (Å²) in [6.07, 6.45) is 5.60. The van der Waals surface area contributed by atoms with Crippen LogP contribution < -0.4 is 5.32 Å². The van der Waals surface area contributed by atoms with E-state index in [1.807, 2.05) is 11.6 Å². The first kappa shape index (κ1) is 12.5. The Bertz CT molecular complexity index is 482. The first-order valence-electron chi connectivity index (χ1n) is 5.73. The fourth-order valence-corrected chi connectivity index (χ4v) is 3.79. The predicted molar refractivity (Wildman–Crippen MR) is 64.1 cm³/mol. The van der Waals surface area contributed by atoms with Gasteiger partial charge in [-0.05, 0) is 12.8 Å². The molecule has 2 atom stereocenters. The quantitative estimate of drug-likeness (QED) is 0.814. The van der Waals surface area contributed by atoms with E-state index in [0.717, 1.165) is 25.1 Å². The van der Waals surface area contributed by atoms with Gasteiger partial charge in [-0.1, -0.05) is 6.42 Å². The molecule has 6 nitrogen and oxygen atoms in total. The maximum absolute atomic E-state index is 11.6. The molecule has 1 aliphatic rings. The molecule has 0 aromatic carbocycles. The summed E-state index contributed by atoms with van der Waals surface area (Å²) < 4.78 is 25.0. The summed E-state index contributed by atoms with van der Waals surface area (Å²) in [5.74, 6) is 0.823. The lowest BCUT2D eigenvalue weighted by Crippen LogP contribution is -2.39. The molecule has 1 saturated carbocycles. The summed E-state index contributed by atoms with van der Waals surface area (Å²) in [6, 6.07) is 0.0432. The van der Waals surface area contributed by atoms with Crippen LogP contribution in [-0.2, 0) is 23.4 Å². The highest BCUT2D eigenvalue weighted by Gasteiger charge is 2.34. The molecule has 1 aromatic heterocycles. The van der Waals surface area contributed by atoms with Gasteiger partial charge in [0.25, 0.3) is 0 Å². The maximum atomic E-state index is 11.6. The number of rotatable bonds is 4. The Kier molecular flexibility index (Phi) is 3.48. The third kappa shape index (κ3) is 2.84. The summed E-state index contributed by atoms with van der Waals surface area (Å²) in [7, 11) is -1.08. The molecule has 1 fully saturated rings. The molecule has 0 amide bonds. The van der Waals surface area contributed by atoms with E-state index in [-0.39, 0.29) is 11.3 Å². The normalized spacial score (nSPS) is 25.3. The number of nitrogens with zero attached hydrogens (tertiary/aromatic N) is 3. The van der Waals surface area contributed by atoms with Gasteiger partial charge in [0, 0.05) is 19.3 Å². The Balaban J connectivity index is 1.98. The summed E-state index contributed by atoms with van der Waals surface area (Å²) in [6.45, 7) is 0.563. The molecule has 1 aromatic rings. The molecule has 96 valence electrons. The number of sulfone groups is 1. The van der Waals surface area contributed by atoms with Crippen molar-refractivity contribution in [2.45, 2.75) is 37.1 Å². The van der Waals surface area contributed by atoms with E-state index in [0.29, 0.717) is 6.54 Å². The molecule has 2 rings (SSSR count). The topological polar surface area (TPSA) is 76.9 Å². The van der Waals surface area contributed by atoms with E-state index in [2.05, 4.69) is 15.5 Å². The Labute approximate surface area is 101 Å². The van der Waals surface area contributed by atoms with E-state index >= 15 is 0 Å². The molecule has 0 bridgehead atoms. The minimum Gasteiger partial charge on any atom is -0.320 e. The Morgan fingerprint density at radius 3 is 2.88 bits per heavy atom. The number of nitrogens with one attached hydrogen (secondary N) is 1. The number of hydrogen-bond donors (Lipinski definition) is 1. The van der Waals surface area contributed by atoms with Crippen LogP contribution in [0, 0.1) is 0 Å². The summed E-state index contributed by atoms with van der Waals surface area (Å²) in [5, 5.41) is 10.8. The van der Waals surface area contributed by atoms with Gasteiger partial charge in [-0.2, -0.15) is 0 Å². The van der Waals surface area contributed by atoms with Crippen molar-refractivity contribution < 1.29 is 8.42 Å². The second-order valence-corrected chi connectivity index (χ2v) is 6.91. The third-order valence-corrected chi connectivity index (χ3v) is 4.99. The van der Waals surface area contributed by atoms with Crippen LogP contribution in [0.2, 0.25) is 0 Å². The largest absolute Gasteiger partial charge is 0.320 e. The summed E-state index contributed by atoms with van der Waals surface area (Å²) in [5.41, 5.74) is 0. The van der Waals surface area contributed by atoms with Crippen LogP contribution in [0.4, 0.5) is 0 Å². The van der Waals surface area contributed by atoms with Crippen LogP contribution >= 0.6 is 0 Å². The van der Waals surface area contributed by atoms with Gasteiger partial charge in [0.15, 0.2) is 9.84 Å². The molecule has 1 aliphatic carbocycles. The molecule has 7 heteroatoms. The van der Waals surface area contributed by atoms with Crippen LogP contribution in [0.15, 0.2) is 6.33 Å². The van der Waals surface area contributed by atoms with E-state index in [9.17, 15) is 8.42 Å². The molecule has 1 N–H and O–H groups in total. The van der Waals surface area contributed by atoms with Crippen molar-refractivity contribution in [1.29, 1.82) is 0 Å². The van der Waals surface area contributed by atoms with E-state index in [4.69, 9.17) is 0 Å². The van der Waals surface area contributed by atoms with Crippen molar-refractivity contribution in [3.8, 4) is 0 Å². The minimum atomic E-state index is -2.96. The van der Waals surface area contributed by atoms with Gasteiger partial charge in [-0.25, -0.2) is 8.42 Å². The Morgan fingerprint density at radius 2 is 2.29 bits per heavy atom. The van der Waals surface area contributed by atoms with Crippen LogP contribution in [-0.4, -0.2) is 40.7 Å². The van der Waals surface area contributed by atoms with Crippen LogP contribution in [0.5, 0.6) is 0 Å².